The van der Waals surface area contributed by atoms with E-state index in [1.54, 1.807) is 18.2 Å². The lowest BCUT2D eigenvalue weighted by atomic mass is 10.1. The number of hydrazine groups is 1. The summed E-state index contributed by atoms with van der Waals surface area (Å²) in [6.45, 7) is 0.555. The minimum atomic E-state index is -0.146. The van der Waals surface area contributed by atoms with Crippen LogP contribution in [0.15, 0.2) is 48.5 Å². The molecule has 4 nitrogen and oxygen atoms in total. The lowest BCUT2D eigenvalue weighted by Crippen LogP contribution is -2.27. The van der Waals surface area contributed by atoms with Gasteiger partial charge in [0.25, 0.3) is 5.91 Å². The monoisotopic (exact) mass is 289 g/mol. The van der Waals surface area contributed by atoms with Gasteiger partial charge in [0.2, 0.25) is 0 Å². The molecule has 0 fully saturated rings. The van der Waals surface area contributed by atoms with Gasteiger partial charge >= 0.3 is 0 Å². The van der Waals surface area contributed by atoms with Crippen LogP contribution in [0.2, 0.25) is 5.02 Å². The van der Waals surface area contributed by atoms with Gasteiger partial charge in [-0.1, -0.05) is 35.9 Å². The Morgan fingerprint density at radius 1 is 1.10 bits per heavy atom. The van der Waals surface area contributed by atoms with Gasteiger partial charge in [-0.3, -0.25) is 10.6 Å². The summed E-state index contributed by atoms with van der Waals surface area (Å²) < 4.78 is 0. The van der Waals surface area contributed by atoms with Crippen molar-refractivity contribution in [2.24, 2.45) is 5.84 Å². The number of carbonyl (C=O) groups excluding carboxylic acids is 1. The number of benzene rings is 2. The minimum absolute atomic E-state index is 0.146. The Kier molecular flexibility index (Phi) is 4.98. The van der Waals surface area contributed by atoms with E-state index in [0.717, 1.165) is 12.0 Å². The van der Waals surface area contributed by atoms with Crippen molar-refractivity contribution < 1.29 is 4.79 Å². The summed E-state index contributed by atoms with van der Waals surface area (Å²) >= 11 is 5.82. The van der Waals surface area contributed by atoms with Crippen LogP contribution < -0.4 is 16.6 Å². The molecule has 0 unspecified atom stereocenters. The highest BCUT2D eigenvalue weighted by Crippen LogP contribution is 2.13. The van der Waals surface area contributed by atoms with Gasteiger partial charge in [-0.2, -0.15) is 0 Å². The molecule has 2 aromatic rings. The van der Waals surface area contributed by atoms with Crippen molar-refractivity contribution in [2.75, 3.05) is 12.0 Å². The molecule has 20 heavy (non-hydrogen) atoms. The first kappa shape index (κ1) is 14.4. The Labute approximate surface area is 122 Å². The molecule has 0 atom stereocenters. The van der Waals surface area contributed by atoms with E-state index >= 15 is 0 Å². The maximum atomic E-state index is 12.0. The summed E-state index contributed by atoms with van der Waals surface area (Å²) in [5.41, 5.74) is 4.78. The molecule has 5 heteroatoms. The molecule has 0 aliphatic heterocycles. The van der Waals surface area contributed by atoms with E-state index in [-0.39, 0.29) is 5.91 Å². The Hall–Kier alpha value is -2.04. The third-order valence-electron chi connectivity index (χ3n) is 2.94. The molecule has 4 N–H and O–H groups in total. The number of rotatable bonds is 5. The molecule has 0 saturated carbocycles. The molecule has 0 aliphatic rings. The first-order chi connectivity index (χ1) is 9.70. The van der Waals surface area contributed by atoms with Gasteiger partial charge in [0.15, 0.2) is 0 Å². The molecule has 0 aromatic heterocycles. The minimum Gasteiger partial charge on any atom is -0.352 e. The van der Waals surface area contributed by atoms with Crippen molar-refractivity contribution in [3.8, 4) is 0 Å². The summed E-state index contributed by atoms with van der Waals surface area (Å²) in [7, 11) is 0. The second-order valence-electron chi connectivity index (χ2n) is 4.32. The number of nitrogens with two attached hydrogens (primary N) is 1. The fraction of sp³-hybridized carbons (Fsp3) is 0.133. The summed E-state index contributed by atoms with van der Waals surface area (Å²) in [6, 6.07) is 14.7. The van der Waals surface area contributed by atoms with Gasteiger partial charge in [0.05, 0.1) is 11.3 Å². The van der Waals surface area contributed by atoms with E-state index < -0.39 is 0 Å². The molecule has 0 spiro atoms. The highest BCUT2D eigenvalue weighted by atomic mass is 35.5. The number of anilines is 1. The zero-order valence-electron chi connectivity index (χ0n) is 10.9. The second-order valence-corrected chi connectivity index (χ2v) is 4.76. The standard InChI is InChI=1S/C15H16ClN3O/c16-12-7-5-11(6-8-12)9-10-18-15(20)13-3-1-2-4-14(13)19-17/h1-8,19H,9-10,17H2,(H,18,20). The van der Waals surface area contributed by atoms with Crippen LogP contribution in [0.25, 0.3) is 0 Å². The number of para-hydroxylation sites is 1. The van der Waals surface area contributed by atoms with E-state index in [1.807, 2.05) is 30.3 Å². The molecule has 0 aliphatic carbocycles. The molecule has 0 bridgehead atoms. The summed E-state index contributed by atoms with van der Waals surface area (Å²) in [5.74, 6) is 5.23. The third kappa shape index (κ3) is 3.73. The van der Waals surface area contributed by atoms with Crippen LogP contribution in [0.5, 0.6) is 0 Å². The number of amides is 1. The summed E-state index contributed by atoms with van der Waals surface area (Å²) in [6.07, 6.45) is 0.751. The van der Waals surface area contributed by atoms with Crippen molar-refractivity contribution in [1.82, 2.24) is 5.32 Å². The average molecular weight is 290 g/mol. The molecular weight excluding hydrogens is 274 g/mol. The SMILES string of the molecule is NNc1ccccc1C(=O)NCCc1ccc(Cl)cc1. The second kappa shape index (κ2) is 6.93. The third-order valence-corrected chi connectivity index (χ3v) is 3.19. The van der Waals surface area contributed by atoms with Crippen LogP contribution in [0.3, 0.4) is 0 Å². The van der Waals surface area contributed by atoms with Crippen LogP contribution in [-0.2, 0) is 6.42 Å². The maximum Gasteiger partial charge on any atom is 0.253 e. The molecule has 104 valence electrons. The van der Waals surface area contributed by atoms with Crippen molar-refractivity contribution in [1.29, 1.82) is 0 Å². The molecule has 2 rings (SSSR count). The maximum absolute atomic E-state index is 12.0. The highest BCUT2D eigenvalue weighted by molar-refractivity contribution is 6.30. The molecule has 2 aromatic carbocycles. The largest absolute Gasteiger partial charge is 0.352 e. The topological polar surface area (TPSA) is 67.1 Å². The Balaban J connectivity index is 1.90. The lowest BCUT2D eigenvalue weighted by molar-refractivity contribution is 0.0955. The zero-order chi connectivity index (χ0) is 14.4. The molecule has 0 heterocycles. The van der Waals surface area contributed by atoms with Crippen molar-refractivity contribution in [3.63, 3.8) is 0 Å². The van der Waals surface area contributed by atoms with Crippen molar-refractivity contribution >= 4 is 23.2 Å². The normalized spacial score (nSPS) is 10.1. The lowest BCUT2D eigenvalue weighted by Gasteiger charge is -2.09. The van der Waals surface area contributed by atoms with Crippen LogP contribution in [-0.4, -0.2) is 12.5 Å². The summed E-state index contributed by atoms with van der Waals surface area (Å²) in [4.78, 5) is 12.0. The van der Waals surface area contributed by atoms with E-state index in [2.05, 4.69) is 10.7 Å². The number of hydrogen-bond donors (Lipinski definition) is 3. The van der Waals surface area contributed by atoms with Crippen molar-refractivity contribution in [2.45, 2.75) is 6.42 Å². The zero-order valence-corrected chi connectivity index (χ0v) is 11.7. The van der Waals surface area contributed by atoms with Gasteiger partial charge in [0, 0.05) is 11.6 Å². The van der Waals surface area contributed by atoms with Gasteiger partial charge < -0.3 is 10.7 Å². The van der Waals surface area contributed by atoms with Crippen LogP contribution in [0.1, 0.15) is 15.9 Å². The van der Waals surface area contributed by atoms with Gasteiger partial charge in [-0.05, 0) is 36.2 Å². The molecule has 0 saturated heterocycles. The number of nitrogens with one attached hydrogen (secondary N) is 2. The van der Waals surface area contributed by atoms with Gasteiger partial charge in [-0.25, -0.2) is 0 Å². The Bertz CT molecular complexity index is 584. The smallest absolute Gasteiger partial charge is 0.253 e. The fourth-order valence-electron chi connectivity index (χ4n) is 1.87. The van der Waals surface area contributed by atoms with Crippen molar-refractivity contribution in [3.05, 3.63) is 64.7 Å². The van der Waals surface area contributed by atoms with E-state index in [1.165, 1.54) is 0 Å². The van der Waals surface area contributed by atoms with Crippen LogP contribution in [0, 0.1) is 0 Å². The van der Waals surface area contributed by atoms with Gasteiger partial charge in [0.1, 0.15) is 0 Å². The molecule has 0 radical (unpaired) electrons. The van der Waals surface area contributed by atoms with Crippen LogP contribution in [0.4, 0.5) is 5.69 Å². The fourth-order valence-corrected chi connectivity index (χ4v) is 2.00. The summed E-state index contributed by atoms with van der Waals surface area (Å²) in [5, 5.41) is 3.58. The Morgan fingerprint density at radius 2 is 1.80 bits per heavy atom. The van der Waals surface area contributed by atoms with E-state index in [0.29, 0.717) is 22.8 Å². The molecular formula is C15H16ClN3O. The number of carbonyl (C=O) groups is 1. The number of nitrogen functional groups attached to an aromatic ring is 1. The predicted molar refractivity (Wildman–Crippen MR) is 81.7 cm³/mol. The quantitative estimate of drug-likeness (QED) is 0.585. The molecule has 1 amide bonds. The predicted octanol–water partition coefficient (Wildman–Crippen LogP) is 2.60. The number of hydrogen-bond acceptors (Lipinski definition) is 3. The highest BCUT2D eigenvalue weighted by Gasteiger charge is 2.09. The Morgan fingerprint density at radius 3 is 2.50 bits per heavy atom. The first-order valence-electron chi connectivity index (χ1n) is 6.29. The number of halogens is 1. The van der Waals surface area contributed by atoms with Gasteiger partial charge in [-0.15, -0.1) is 0 Å². The average Bonchev–Trinajstić information content (AvgIpc) is 2.49. The van der Waals surface area contributed by atoms with E-state index in [4.69, 9.17) is 17.4 Å². The first-order valence-corrected chi connectivity index (χ1v) is 6.67. The van der Waals surface area contributed by atoms with Crippen LogP contribution >= 0.6 is 11.6 Å². The van der Waals surface area contributed by atoms with E-state index in [9.17, 15) is 4.79 Å².